The summed E-state index contributed by atoms with van der Waals surface area (Å²) in [5.41, 5.74) is 6.77. The number of phenolic OH excluding ortho intramolecular Hbond substituents is 1. The summed E-state index contributed by atoms with van der Waals surface area (Å²) in [6, 6.07) is 1.76. The molecule has 0 aliphatic heterocycles. The molecule has 15 heavy (non-hydrogen) atoms. The number of nitrogens with two attached hydrogens (primary N) is 1. The lowest BCUT2D eigenvalue weighted by Crippen LogP contribution is -2.00. The van der Waals surface area contributed by atoms with Crippen LogP contribution in [0.5, 0.6) is 5.75 Å². The van der Waals surface area contributed by atoms with Gasteiger partial charge in [-0.25, -0.2) is 4.39 Å². The van der Waals surface area contributed by atoms with Crippen molar-refractivity contribution in [3.63, 3.8) is 0 Å². The molecule has 1 aromatic carbocycles. The summed E-state index contributed by atoms with van der Waals surface area (Å²) in [7, 11) is 0. The van der Waals surface area contributed by atoms with Crippen LogP contribution in [0.2, 0.25) is 0 Å². The van der Waals surface area contributed by atoms with E-state index in [1.165, 1.54) is 0 Å². The first-order valence-electron chi connectivity index (χ1n) is 4.94. The smallest absolute Gasteiger partial charge is 0.169 e. The van der Waals surface area contributed by atoms with Crippen molar-refractivity contribution in [3.8, 4) is 5.75 Å². The van der Waals surface area contributed by atoms with Crippen LogP contribution in [0.25, 0.3) is 0 Å². The first-order valence-corrected chi connectivity index (χ1v) is 5.73. The van der Waals surface area contributed by atoms with Gasteiger partial charge in [-0.1, -0.05) is 6.07 Å². The van der Waals surface area contributed by atoms with Crippen molar-refractivity contribution in [2.24, 2.45) is 5.73 Å². The maximum absolute atomic E-state index is 13.6. The van der Waals surface area contributed by atoms with Crippen LogP contribution in [0, 0.1) is 12.7 Å². The molecular formula is C11H15BrFNO. The monoisotopic (exact) mass is 275 g/mol. The van der Waals surface area contributed by atoms with Crippen molar-refractivity contribution in [1.82, 2.24) is 0 Å². The molecule has 0 radical (unpaired) electrons. The lowest BCUT2D eigenvalue weighted by Gasteiger charge is -2.08. The standard InChI is InChI=1S/C11H15BrFNO/c1-7-6-8(4-2-3-5-14)10(13)11(15)9(7)12/h6,15H,2-5,14H2,1H3. The summed E-state index contributed by atoms with van der Waals surface area (Å²) in [6.07, 6.45) is 2.33. The Bertz CT molecular complexity index is 355. The fraction of sp³-hybridized carbons (Fsp3) is 0.455. The summed E-state index contributed by atoms with van der Waals surface area (Å²) in [4.78, 5) is 0. The van der Waals surface area contributed by atoms with E-state index in [1.807, 2.05) is 6.92 Å². The second-order valence-electron chi connectivity index (χ2n) is 3.57. The summed E-state index contributed by atoms with van der Waals surface area (Å²) in [6.45, 7) is 2.44. The van der Waals surface area contributed by atoms with Crippen molar-refractivity contribution >= 4 is 15.9 Å². The molecule has 0 amide bonds. The molecule has 4 heteroatoms. The Labute approximate surface area is 97.4 Å². The number of hydrogen-bond donors (Lipinski definition) is 2. The second kappa shape index (κ2) is 5.47. The highest BCUT2D eigenvalue weighted by molar-refractivity contribution is 9.10. The number of unbranched alkanes of at least 4 members (excludes halogenated alkanes) is 1. The van der Waals surface area contributed by atoms with Gasteiger partial charge in [-0.15, -0.1) is 0 Å². The van der Waals surface area contributed by atoms with Crippen molar-refractivity contribution in [2.45, 2.75) is 26.2 Å². The fourth-order valence-corrected chi connectivity index (χ4v) is 1.75. The predicted octanol–water partition coefficient (Wildman–Crippen LogP) is 2.88. The third kappa shape index (κ3) is 2.92. The number of rotatable bonds is 4. The van der Waals surface area contributed by atoms with Gasteiger partial charge in [0.1, 0.15) is 0 Å². The zero-order valence-electron chi connectivity index (χ0n) is 8.69. The molecule has 0 spiro atoms. The first kappa shape index (κ1) is 12.5. The Kier molecular flexibility index (Phi) is 4.54. The maximum Gasteiger partial charge on any atom is 0.169 e. The van der Waals surface area contributed by atoms with Crippen LogP contribution < -0.4 is 5.73 Å². The molecule has 3 N–H and O–H groups in total. The molecule has 1 aromatic rings. The molecule has 0 atom stereocenters. The van der Waals surface area contributed by atoms with E-state index in [1.54, 1.807) is 6.07 Å². The van der Waals surface area contributed by atoms with Gasteiger partial charge in [0.15, 0.2) is 11.6 Å². The quantitative estimate of drug-likeness (QED) is 0.831. The molecule has 0 saturated carbocycles. The molecule has 0 bridgehead atoms. The van der Waals surface area contributed by atoms with Gasteiger partial charge in [-0.05, 0) is 59.8 Å². The molecule has 0 aliphatic rings. The zero-order chi connectivity index (χ0) is 11.4. The number of benzene rings is 1. The van der Waals surface area contributed by atoms with Crippen LogP contribution in [0.1, 0.15) is 24.0 Å². The Balaban J connectivity index is 2.89. The summed E-state index contributed by atoms with van der Waals surface area (Å²) in [5.74, 6) is -0.817. The largest absolute Gasteiger partial charge is 0.504 e. The van der Waals surface area contributed by atoms with Crippen molar-refractivity contribution in [1.29, 1.82) is 0 Å². The van der Waals surface area contributed by atoms with Crippen molar-refractivity contribution < 1.29 is 9.50 Å². The van der Waals surface area contributed by atoms with Gasteiger partial charge >= 0.3 is 0 Å². The van der Waals surface area contributed by atoms with E-state index in [0.29, 0.717) is 23.0 Å². The average molecular weight is 276 g/mol. The summed E-state index contributed by atoms with van der Waals surface area (Å²) in [5, 5.41) is 9.48. The Morgan fingerprint density at radius 1 is 1.47 bits per heavy atom. The third-order valence-electron chi connectivity index (χ3n) is 2.33. The maximum atomic E-state index is 13.6. The molecule has 0 unspecified atom stereocenters. The summed E-state index contributed by atoms with van der Waals surface area (Å²) < 4.78 is 14.0. The minimum Gasteiger partial charge on any atom is -0.504 e. The lowest BCUT2D eigenvalue weighted by molar-refractivity contribution is 0.424. The van der Waals surface area contributed by atoms with E-state index < -0.39 is 5.82 Å². The number of halogens is 2. The lowest BCUT2D eigenvalue weighted by atomic mass is 10.0. The Hall–Kier alpha value is -0.610. The second-order valence-corrected chi connectivity index (χ2v) is 4.37. The van der Waals surface area contributed by atoms with Crippen molar-refractivity contribution in [3.05, 3.63) is 27.5 Å². The van der Waals surface area contributed by atoms with Crippen LogP contribution in [0.15, 0.2) is 10.5 Å². The van der Waals surface area contributed by atoms with Gasteiger partial charge in [-0.3, -0.25) is 0 Å². The number of phenols is 1. The van der Waals surface area contributed by atoms with E-state index in [0.717, 1.165) is 18.4 Å². The van der Waals surface area contributed by atoms with E-state index in [4.69, 9.17) is 5.73 Å². The van der Waals surface area contributed by atoms with Crippen LogP contribution in [0.4, 0.5) is 4.39 Å². The van der Waals surface area contributed by atoms with Gasteiger partial charge in [0.25, 0.3) is 0 Å². The molecule has 0 aromatic heterocycles. The molecule has 2 nitrogen and oxygen atoms in total. The Morgan fingerprint density at radius 2 is 2.13 bits per heavy atom. The number of hydrogen-bond acceptors (Lipinski definition) is 2. The van der Waals surface area contributed by atoms with Crippen molar-refractivity contribution in [2.75, 3.05) is 6.54 Å². The Morgan fingerprint density at radius 3 is 2.73 bits per heavy atom. The highest BCUT2D eigenvalue weighted by Crippen LogP contribution is 2.32. The minimum atomic E-state index is -0.524. The van der Waals surface area contributed by atoms with Crippen LogP contribution in [-0.2, 0) is 6.42 Å². The highest BCUT2D eigenvalue weighted by Gasteiger charge is 2.13. The van der Waals surface area contributed by atoms with Gasteiger partial charge in [-0.2, -0.15) is 0 Å². The van der Waals surface area contributed by atoms with E-state index >= 15 is 0 Å². The first-order chi connectivity index (χ1) is 7.07. The minimum absolute atomic E-state index is 0.294. The molecule has 0 heterocycles. The van der Waals surface area contributed by atoms with Gasteiger partial charge in [0.2, 0.25) is 0 Å². The van der Waals surface area contributed by atoms with Crippen LogP contribution in [0.3, 0.4) is 0 Å². The third-order valence-corrected chi connectivity index (χ3v) is 3.34. The van der Waals surface area contributed by atoms with Crippen LogP contribution in [-0.4, -0.2) is 11.7 Å². The van der Waals surface area contributed by atoms with Gasteiger partial charge in [0.05, 0.1) is 4.47 Å². The van der Waals surface area contributed by atoms with Crippen LogP contribution >= 0.6 is 15.9 Å². The topological polar surface area (TPSA) is 46.2 Å². The van der Waals surface area contributed by atoms with Gasteiger partial charge in [0, 0.05) is 0 Å². The molecule has 0 fully saturated rings. The van der Waals surface area contributed by atoms with E-state index in [2.05, 4.69) is 15.9 Å². The zero-order valence-corrected chi connectivity index (χ0v) is 10.3. The molecule has 1 rings (SSSR count). The highest BCUT2D eigenvalue weighted by atomic mass is 79.9. The predicted molar refractivity (Wildman–Crippen MR) is 62.5 cm³/mol. The summed E-state index contributed by atoms with van der Waals surface area (Å²) >= 11 is 3.14. The fourth-order valence-electron chi connectivity index (χ4n) is 1.46. The normalized spacial score (nSPS) is 10.7. The van der Waals surface area contributed by atoms with E-state index in [9.17, 15) is 9.50 Å². The van der Waals surface area contributed by atoms with E-state index in [-0.39, 0.29) is 5.75 Å². The molecule has 0 saturated heterocycles. The SMILES string of the molecule is Cc1cc(CCCCN)c(F)c(O)c1Br. The number of aromatic hydroxyl groups is 1. The average Bonchev–Trinajstić information content (AvgIpc) is 2.23. The molecule has 84 valence electrons. The van der Waals surface area contributed by atoms with Gasteiger partial charge < -0.3 is 10.8 Å². The molecular weight excluding hydrogens is 261 g/mol. The number of aryl methyl sites for hydroxylation is 2. The molecule has 0 aliphatic carbocycles.